The average Bonchev–Trinajstić information content (AvgIpc) is 2.47. The molecule has 1 saturated carbocycles. The van der Waals surface area contributed by atoms with Gasteiger partial charge in [-0.25, -0.2) is 0 Å². The van der Waals surface area contributed by atoms with E-state index in [0.717, 1.165) is 38.6 Å². The molecule has 0 radical (unpaired) electrons. The fourth-order valence-electron chi connectivity index (χ4n) is 3.76. The lowest BCUT2D eigenvalue weighted by Crippen LogP contribution is -2.44. The van der Waals surface area contributed by atoms with Gasteiger partial charge in [-0.2, -0.15) is 0 Å². The van der Waals surface area contributed by atoms with Crippen LogP contribution in [0.1, 0.15) is 49.8 Å². The van der Waals surface area contributed by atoms with Crippen LogP contribution in [0.25, 0.3) is 0 Å². The number of amides is 1. The van der Waals surface area contributed by atoms with Crippen LogP contribution < -0.4 is 5.73 Å². The summed E-state index contributed by atoms with van der Waals surface area (Å²) in [6.45, 7) is 3.00. The normalized spacial score (nSPS) is 29.9. The van der Waals surface area contributed by atoms with E-state index < -0.39 is 0 Å². The maximum absolute atomic E-state index is 12.8. The summed E-state index contributed by atoms with van der Waals surface area (Å²) < 4.78 is 0. The summed E-state index contributed by atoms with van der Waals surface area (Å²) in [5.41, 5.74) is 8.74. The van der Waals surface area contributed by atoms with Gasteiger partial charge in [0.05, 0.1) is 6.04 Å². The third-order valence-corrected chi connectivity index (χ3v) is 4.94. The quantitative estimate of drug-likeness (QED) is 0.854. The van der Waals surface area contributed by atoms with Crippen LogP contribution in [0.4, 0.5) is 0 Å². The summed E-state index contributed by atoms with van der Waals surface area (Å²) in [5, 5.41) is 0. The maximum atomic E-state index is 12.8. The van der Waals surface area contributed by atoms with Crippen molar-refractivity contribution in [2.75, 3.05) is 6.54 Å². The molecule has 1 aliphatic carbocycles. The zero-order chi connectivity index (χ0) is 14.1. The van der Waals surface area contributed by atoms with E-state index in [0.29, 0.717) is 5.91 Å². The molecule has 3 nitrogen and oxygen atoms in total. The summed E-state index contributed by atoms with van der Waals surface area (Å²) in [5.74, 6) is 0.466. The average molecular weight is 272 g/mol. The largest absolute Gasteiger partial charge is 0.335 e. The predicted molar refractivity (Wildman–Crippen MR) is 80.2 cm³/mol. The molecule has 2 aliphatic rings. The summed E-state index contributed by atoms with van der Waals surface area (Å²) in [4.78, 5) is 14.9. The monoisotopic (exact) mass is 272 g/mol. The van der Waals surface area contributed by atoms with E-state index in [1.165, 1.54) is 11.1 Å². The van der Waals surface area contributed by atoms with Crippen molar-refractivity contribution in [1.82, 2.24) is 4.90 Å². The van der Waals surface area contributed by atoms with Crippen LogP contribution in [0, 0.1) is 5.92 Å². The maximum Gasteiger partial charge on any atom is 0.226 e. The van der Waals surface area contributed by atoms with Crippen molar-refractivity contribution in [3.63, 3.8) is 0 Å². The molecule has 0 unspecified atom stereocenters. The van der Waals surface area contributed by atoms with Gasteiger partial charge in [0.2, 0.25) is 5.91 Å². The highest BCUT2D eigenvalue weighted by Crippen LogP contribution is 2.33. The number of hydrogen-bond acceptors (Lipinski definition) is 2. The molecular formula is C17H24N2O. The fourth-order valence-corrected chi connectivity index (χ4v) is 3.76. The smallest absolute Gasteiger partial charge is 0.226 e. The first kappa shape index (κ1) is 13.6. The molecular weight excluding hydrogens is 248 g/mol. The van der Waals surface area contributed by atoms with Gasteiger partial charge in [0.15, 0.2) is 0 Å². The van der Waals surface area contributed by atoms with E-state index in [1.54, 1.807) is 0 Å². The molecule has 1 amide bonds. The Morgan fingerprint density at radius 2 is 2.10 bits per heavy atom. The minimum Gasteiger partial charge on any atom is -0.335 e. The Hall–Kier alpha value is -1.35. The summed E-state index contributed by atoms with van der Waals surface area (Å²) in [6, 6.07) is 8.91. The van der Waals surface area contributed by atoms with Gasteiger partial charge < -0.3 is 10.6 Å². The first-order valence-corrected chi connectivity index (χ1v) is 7.80. The van der Waals surface area contributed by atoms with Crippen molar-refractivity contribution in [3.05, 3.63) is 35.4 Å². The molecule has 3 atom stereocenters. The lowest BCUT2D eigenvalue weighted by atomic mass is 9.84. The van der Waals surface area contributed by atoms with E-state index in [2.05, 4.69) is 36.1 Å². The molecule has 2 N–H and O–H groups in total. The third kappa shape index (κ3) is 2.47. The minimum absolute atomic E-state index is 0.145. The van der Waals surface area contributed by atoms with Crippen molar-refractivity contribution < 1.29 is 4.79 Å². The Morgan fingerprint density at radius 1 is 1.30 bits per heavy atom. The molecule has 0 bridgehead atoms. The Kier molecular flexibility index (Phi) is 3.79. The minimum atomic E-state index is 0.145. The van der Waals surface area contributed by atoms with Gasteiger partial charge in [0.25, 0.3) is 0 Å². The number of fused-ring (bicyclic) bond motifs is 1. The highest BCUT2D eigenvalue weighted by molar-refractivity contribution is 5.80. The zero-order valence-corrected chi connectivity index (χ0v) is 12.2. The number of rotatable bonds is 1. The topological polar surface area (TPSA) is 46.3 Å². The van der Waals surface area contributed by atoms with Crippen LogP contribution in [0.2, 0.25) is 0 Å². The van der Waals surface area contributed by atoms with Crippen LogP contribution in [0.3, 0.4) is 0 Å². The zero-order valence-electron chi connectivity index (χ0n) is 12.2. The summed E-state index contributed by atoms with van der Waals surface area (Å²) >= 11 is 0. The second kappa shape index (κ2) is 5.57. The lowest BCUT2D eigenvalue weighted by molar-refractivity contribution is -0.139. The van der Waals surface area contributed by atoms with Crippen LogP contribution in [-0.4, -0.2) is 23.4 Å². The van der Waals surface area contributed by atoms with Gasteiger partial charge in [-0.1, -0.05) is 30.7 Å². The molecule has 108 valence electrons. The Balaban J connectivity index is 1.76. The fraction of sp³-hybridized carbons (Fsp3) is 0.588. The van der Waals surface area contributed by atoms with E-state index >= 15 is 0 Å². The van der Waals surface area contributed by atoms with Crippen LogP contribution in [0.15, 0.2) is 24.3 Å². The van der Waals surface area contributed by atoms with Gasteiger partial charge >= 0.3 is 0 Å². The third-order valence-electron chi connectivity index (χ3n) is 4.94. The molecule has 1 aromatic carbocycles. The van der Waals surface area contributed by atoms with Gasteiger partial charge in [-0.3, -0.25) is 4.79 Å². The van der Waals surface area contributed by atoms with Crippen molar-refractivity contribution in [2.45, 2.75) is 51.1 Å². The molecule has 1 aromatic rings. The molecule has 3 rings (SSSR count). The summed E-state index contributed by atoms with van der Waals surface area (Å²) in [7, 11) is 0. The number of nitrogens with two attached hydrogens (primary N) is 1. The van der Waals surface area contributed by atoms with Crippen molar-refractivity contribution in [3.8, 4) is 0 Å². The van der Waals surface area contributed by atoms with Gasteiger partial charge in [0.1, 0.15) is 0 Å². The predicted octanol–water partition coefficient (Wildman–Crippen LogP) is 2.65. The molecule has 0 spiro atoms. The highest BCUT2D eigenvalue weighted by Gasteiger charge is 2.33. The van der Waals surface area contributed by atoms with Crippen LogP contribution in [-0.2, 0) is 11.2 Å². The molecule has 1 heterocycles. The van der Waals surface area contributed by atoms with Crippen molar-refractivity contribution in [1.29, 1.82) is 0 Å². The van der Waals surface area contributed by atoms with Gasteiger partial charge in [-0.15, -0.1) is 0 Å². The lowest BCUT2D eigenvalue weighted by Gasteiger charge is -2.38. The molecule has 1 aliphatic heterocycles. The Labute approximate surface area is 121 Å². The number of nitrogens with zero attached hydrogens (tertiary/aromatic N) is 1. The second-order valence-corrected chi connectivity index (χ2v) is 6.28. The number of carbonyl (C=O) groups is 1. The van der Waals surface area contributed by atoms with E-state index in [1.807, 2.05) is 0 Å². The number of benzene rings is 1. The highest BCUT2D eigenvalue weighted by atomic mass is 16.2. The molecule has 20 heavy (non-hydrogen) atoms. The Bertz CT molecular complexity index is 500. The number of carbonyl (C=O) groups excluding carboxylic acids is 1. The van der Waals surface area contributed by atoms with Gasteiger partial charge in [-0.05, 0) is 43.7 Å². The molecule has 1 fully saturated rings. The second-order valence-electron chi connectivity index (χ2n) is 6.28. The molecule has 0 aromatic heterocycles. The van der Waals surface area contributed by atoms with Crippen molar-refractivity contribution >= 4 is 5.91 Å². The summed E-state index contributed by atoms with van der Waals surface area (Å²) in [6.07, 6.45) is 5.02. The first-order chi connectivity index (χ1) is 9.66. The molecule has 0 saturated heterocycles. The van der Waals surface area contributed by atoms with Crippen molar-refractivity contribution in [2.24, 2.45) is 11.7 Å². The molecule has 3 heteroatoms. The first-order valence-electron chi connectivity index (χ1n) is 7.80. The standard InChI is InChI=1S/C17H24N2O/c1-12-16-8-3-2-5-13(16)9-10-19(12)17(20)14-6-4-7-15(18)11-14/h2-3,5,8,12,14-15H,4,6-7,9-11,18H2,1H3/t12-,14-,15+/m1/s1. The van der Waals surface area contributed by atoms with Gasteiger partial charge in [0, 0.05) is 18.5 Å². The number of hydrogen-bond donors (Lipinski definition) is 1. The van der Waals surface area contributed by atoms with E-state index in [4.69, 9.17) is 5.73 Å². The van der Waals surface area contributed by atoms with Crippen LogP contribution in [0.5, 0.6) is 0 Å². The van der Waals surface area contributed by atoms with E-state index in [-0.39, 0.29) is 18.0 Å². The SMILES string of the molecule is C[C@@H]1c2ccccc2CCN1C(=O)[C@@H]1CCC[C@H](N)C1. The van der Waals surface area contributed by atoms with E-state index in [9.17, 15) is 4.79 Å². The van der Waals surface area contributed by atoms with Crippen LogP contribution >= 0.6 is 0 Å². The Morgan fingerprint density at radius 3 is 2.90 bits per heavy atom.